The predicted molar refractivity (Wildman–Crippen MR) is 75.0 cm³/mol. The largest absolute Gasteiger partial charge is 0.382 e. The van der Waals surface area contributed by atoms with E-state index in [9.17, 15) is 20.2 Å². The normalized spacial score (nSPS) is 11.6. The van der Waals surface area contributed by atoms with Crippen LogP contribution < -0.4 is 5.32 Å². The fraction of sp³-hybridized carbons (Fsp3) is 0.250. The number of para-hydroxylation sites is 1. The van der Waals surface area contributed by atoms with Gasteiger partial charge in [-0.2, -0.15) is 0 Å². The third-order valence-electron chi connectivity index (χ3n) is 2.77. The Morgan fingerprint density at radius 2 is 1.95 bits per heavy atom. The molecule has 2 rings (SSSR count). The Hall–Kier alpha value is -3.17. The van der Waals surface area contributed by atoms with Gasteiger partial charge in [0.1, 0.15) is 12.7 Å². The van der Waals surface area contributed by atoms with Crippen molar-refractivity contribution >= 4 is 16.6 Å². The molecule has 0 aliphatic rings. The second kappa shape index (κ2) is 7.02. The van der Waals surface area contributed by atoms with Crippen LogP contribution in [0.2, 0.25) is 0 Å². The minimum Gasteiger partial charge on any atom is -0.382 e. The van der Waals surface area contributed by atoms with Gasteiger partial charge in [0.25, 0.3) is 10.2 Å². The van der Waals surface area contributed by atoms with Crippen molar-refractivity contribution in [3.8, 4) is 0 Å². The second-order valence-electron chi connectivity index (χ2n) is 4.23. The highest BCUT2D eigenvalue weighted by molar-refractivity contribution is 5.90. The summed E-state index contributed by atoms with van der Waals surface area (Å²) in [7, 11) is 0. The average molecular weight is 308 g/mol. The molecule has 2 aromatic rings. The maximum Gasteiger partial charge on any atom is 0.294 e. The number of nitrogens with one attached hydrogen (secondary N) is 1. The lowest BCUT2D eigenvalue weighted by atomic mass is 10.2. The SMILES string of the molecule is O=[N+]([O-])OCC(CNc1ccnc2ccccc12)O[N+](=O)[O-]. The Morgan fingerprint density at radius 1 is 1.18 bits per heavy atom. The molecule has 1 unspecified atom stereocenters. The van der Waals surface area contributed by atoms with Gasteiger partial charge in [0.05, 0.1) is 5.52 Å². The van der Waals surface area contributed by atoms with Gasteiger partial charge in [-0.15, -0.1) is 20.2 Å². The van der Waals surface area contributed by atoms with Crippen molar-refractivity contribution < 1.29 is 19.8 Å². The maximum absolute atomic E-state index is 10.4. The quantitative estimate of drug-likeness (QED) is 0.572. The van der Waals surface area contributed by atoms with Gasteiger partial charge in [-0.3, -0.25) is 4.98 Å². The number of aromatic nitrogens is 1. The zero-order valence-corrected chi connectivity index (χ0v) is 11.2. The van der Waals surface area contributed by atoms with Crippen LogP contribution in [0.3, 0.4) is 0 Å². The molecule has 10 nitrogen and oxygen atoms in total. The number of rotatable bonds is 8. The molecule has 0 radical (unpaired) electrons. The molecule has 0 amide bonds. The van der Waals surface area contributed by atoms with Crippen LogP contribution in [0.15, 0.2) is 36.5 Å². The summed E-state index contributed by atoms with van der Waals surface area (Å²) in [6.07, 6.45) is 0.467. The highest BCUT2D eigenvalue weighted by atomic mass is 17.0. The molecule has 116 valence electrons. The minimum atomic E-state index is -1.12. The van der Waals surface area contributed by atoms with Crippen LogP contribution in [0.25, 0.3) is 10.9 Å². The third-order valence-corrected chi connectivity index (χ3v) is 2.77. The Morgan fingerprint density at radius 3 is 2.68 bits per heavy atom. The van der Waals surface area contributed by atoms with E-state index >= 15 is 0 Å². The fourth-order valence-electron chi connectivity index (χ4n) is 1.87. The van der Waals surface area contributed by atoms with Crippen LogP contribution in [0.1, 0.15) is 0 Å². The number of fused-ring (bicyclic) bond motifs is 1. The molecule has 1 aromatic heterocycles. The lowest BCUT2D eigenvalue weighted by Gasteiger charge is -2.16. The van der Waals surface area contributed by atoms with Crippen molar-refractivity contribution in [2.24, 2.45) is 0 Å². The summed E-state index contributed by atoms with van der Waals surface area (Å²) < 4.78 is 0. The van der Waals surface area contributed by atoms with Crippen LogP contribution in [0, 0.1) is 20.2 Å². The third kappa shape index (κ3) is 4.16. The standard InChI is InChI=1S/C12H12N4O6/c17-15(18)21-8-9(22-16(19)20)7-14-12-5-6-13-11-4-2-1-3-10(11)12/h1-6,9H,7-8H2,(H,13,14). The lowest BCUT2D eigenvalue weighted by molar-refractivity contribution is -0.789. The summed E-state index contributed by atoms with van der Waals surface area (Å²) in [4.78, 5) is 33.2. The Balaban J connectivity index is 2.06. The van der Waals surface area contributed by atoms with Crippen molar-refractivity contribution in [3.05, 3.63) is 56.8 Å². The first-order valence-electron chi connectivity index (χ1n) is 6.22. The van der Waals surface area contributed by atoms with E-state index in [1.54, 1.807) is 12.3 Å². The molecule has 0 bridgehead atoms. The zero-order chi connectivity index (χ0) is 15.9. The summed E-state index contributed by atoms with van der Waals surface area (Å²) in [6.45, 7) is -0.590. The minimum absolute atomic E-state index is 0.0389. The lowest BCUT2D eigenvalue weighted by Crippen LogP contribution is -2.31. The van der Waals surface area contributed by atoms with Crippen molar-refractivity contribution in [1.29, 1.82) is 0 Å². The molecule has 22 heavy (non-hydrogen) atoms. The molecule has 1 N–H and O–H groups in total. The highest BCUT2D eigenvalue weighted by Crippen LogP contribution is 2.20. The molecule has 0 fully saturated rings. The molecule has 0 saturated heterocycles. The van der Waals surface area contributed by atoms with Gasteiger partial charge >= 0.3 is 0 Å². The number of hydrogen-bond acceptors (Lipinski definition) is 8. The molecule has 0 aliphatic carbocycles. The van der Waals surface area contributed by atoms with Gasteiger partial charge < -0.3 is 15.0 Å². The first-order chi connectivity index (χ1) is 10.6. The molecule has 1 aromatic carbocycles. The molecule has 10 heteroatoms. The summed E-state index contributed by atoms with van der Waals surface area (Å²) in [5.41, 5.74) is 1.43. The van der Waals surface area contributed by atoms with Gasteiger partial charge in [0.2, 0.25) is 0 Å². The molecular weight excluding hydrogens is 296 g/mol. The smallest absolute Gasteiger partial charge is 0.294 e. The van der Waals surface area contributed by atoms with E-state index in [0.717, 1.165) is 10.9 Å². The van der Waals surface area contributed by atoms with Gasteiger partial charge in [-0.1, -0.05) is 18.2 Å². The summed E-state index contributed by atoms with van der Waals surface area (Å²) in [6, 6.07) is 9.02. The molecule has 0 spiro atoms. The average Bonchev–Trinajstić information content (AvgIpc) is 2.49. The summed E-state index contributed by atoms with van der Waals surface area (Å²) in [5.74, 6) is 0. The number of anilines is 1. The molecule has 0 saturated carbocycles. The zero-order valence-electron chi connectivity index (χ0n) is 11.2. The van der Waals surface area contributed by atoms with Gasteiger partial charge in [-0.25, -0.2) is 0 Å². The van der Waals surface area contributed by atoms with E-state index in [1.165, 1.54) is 0 Å². The topological polar surface area (TPSA) is 130 Å². The van der Waals surface area contributed by atoms with E-state index < -0.39 is 22.9 Å². The maximum atomic E-state index is 10.4. The number of pyridine rings is 1. The molecule has 0 aliphatic heterocycles. The molecule has 1 heterocycles. The first-order valence-corrected chi connectivity index (χ1v) is 6.22. The monoisotopic (exact) mass is 308 g/mol. The van der Waals surface area contributed by atoms with E-state index in [4.69, 9.17) is 0 Å². The van der Waals surface area contributed by atoms with E-state index in [2.05, 4.69) is 20.0 Å². The van der Waals surface area contributed by atoms with Gasteiger partial charge in [0, 0.05) is 23.8 Å². The summed E-state index contributed by atoms with van der Waals surface area (Å²) >= 11 is 0. The Labute approximate surface area is 123 Å². The number of benzene rings is 1. The van der Waals surface area contributed by atoms with Crippen LogP contribution in [-0.4, -0.2) is 34.4 Å². The van der Waals surface area contributed by atoms with Gasteiger partial charge in [-0.05, 0) is 12.1 Å². The Kier molecular flexibility index (Phi) is 4.85. The fourth-order valence-corrected chi connectivity index (χ4v) is 1.87. The van der Waals surface area contributed by atoms with Crippen molar-refractivity contribution in [3.63, 3.8) is 0 Å². The van der Waals surface area contributed by atoms with Crippen LogP contribution >= 0.6 is 0 Å². The number of hydrogen-bond donors (Lipinski definition) is 1. The van der Waals surface area contributed by atoms with E-state index in [1.807, 2.05) is 24.3 Å². The van der Waals surface area contributed by atoms with Crippen molar-refractivity contribution in [2.45, 2.75) is 6.10 Å². The van der Waals surface area contributed by atoms with E-state index in [-0.39, 0.29) is 6.54 Å². The van der Waals surface area contributed by atoms with Crippen LogP contribution in [0.5, 0.6) is 0 Å². The van der Waals surface area contributed by atoms with Crippen molar-refractivity contribution in [1.82, 2.24) is 4.98 Å². The predicted octanol–water partition coefficient (Wildman–Crippen LogP) is 1.43. The highest BCUT2D eigenvalue weighted by Gasteiger charge is 2.16. The van der Waals surface area contributed by atoms with Gasteiger partial charge in [0.15, 0.2) is 0 Å². The Bertz CT molecular complexity index is 674. The second-order valence-corrected chi connectivity index (χ2v) is 4.23. The molecule has 1 atom stereocenters. The van der Waals surface area contributed by atoms with Crippen LogP contribution in [-0.2, 0) is 9.68 Å². The summed E-state index contributed by atoms with van der Waals surface area (Å²) in [5, 5.41) is 22.3. The number of nitrogens with zero attached hydrogens (tertiary/aromatic N) is 3. The first kappa shape index (κ1) is 15.2. The van der Waals surface area contributed by atoms with Crippen LogP contribution in [0.4, 0.5) is 5.69 Å². The van der Waals surface area contributed by atoms with Crippen molar-refractivity contribution in [2.75, 3.05) is 18.5 Å². The molecular formula is C12H12N4O6. The van der Waals surface area contributed by atoms with E-state index in [0.29, 0.717) is 5.69 Å².